The summed E-state index contributed by atoms with van der Waals surface area (Å²) in [6, 6.07) is 6.51. The number of aryl methyl sites for hydroxylation is 2. The summed E-state index contributed by atoms with van der Waals surface area (Å²) in [6.07, 6.45) is 3.53. The molecule has 0 atom stereocenters. The zero-order valence-electron chi connectivity index (χ0n) is 10.7. The quantitative estimate of drug-likeness (QED) is 0.870. The number of rotatable bonds is 3. The van der Waals surface area contributed by atoms with Crippen molar-refractivity contribution in [3.05, 3.63) is 29.3 Å². The fourth-order valence-electron chi connectivity index (χ4n) is 2.30. The predicted molar refractivity (Wildman–Crippen MR) is 72.5 cm³/mol. The van der Waals surface area contributed by atoms with E-state index in [0.717, 1.165) is 12.1 Å². The maximum Gasteiger partial charge on any atom is 0.322 e. The lowest BCUT2D eigenvalue weighted by atomic mass is 10.1. The molecule has 3 rings (SSSR count). The lowest BCUT2D eigenvalue weighted by Crippen LogP contribution is -2.05. The summed E-state index contributed by atoms with van der Waals surface area (Å²) in [6.45, 7) is 0. The Kier molecular flexibility index (Phi) is 2.91. The lowest BCUT2D eigenvalue weighted by Gasteiger charge is -2.08. The minimum atomic E-state index is 0.135. The molecule has 0 saturated heterocycles. The summed E-state index contributed by atoms with van der Waals surface area (Å²) in [7, 11) is 1.49. The molecule has 2 aromatic rings. The summed E-state index contributed by atoms with van der Waals surface area (Å²) in [5.74, 6) is 0.526. The number of fused-ring (bicyclic) bond motifs is 1. The molecule has 0 bridgehead atoms. The molecule has 0 unspecified atom stereocenters. The van der Waals surface area contributed by atoms with E-state index in [1.165, 1.54) is 31.1 Å². The van der Waals surface area contributed by atoms with E-state index in [4.69, 9.17) is 10.5 Å². The van der Waals surface area contributed by atoms with E-state index >= 15 is 0 Å². The largest absolute Gasteiger partial charge is 0.467 e. The van der Waals surface area contributed by atoms with Crippen LogP contribution in [0.1, 0.15) is 17.5 Å². The molecule has 0 spiro atoms. The summed E-state index contributed by atoms with van der Waals surface area (Å²) in [4.78, 5) is 12.0. The van der Waals surface area contributed by atoms with Gasteiger partial charge in [-0.1, -0.05) is 6.07 Å². The Hall–Kier alpha value is -2.37. The van der Waals surface area contributed by atoms with E-state index in [9.17, 15) is 0 Å². The van der Waals surface area contributed by atoms with Gasteiger partial charge in [-0.05, 0) is 42.5 Å². The van der Waals surface area contributed by atoms with Crippen molar-refractivity contribution in [3.63, 3.8) is 0 Å². The van der Waals surface area contributed by atoms with Crippen LogP contribution in [0, 0.1) is 0 Å². The van der Waals surface area contributed by atoms with Gasteiger partial charge in [0.1, 0.15) is 0 Å². The van der Waals surface area contributed by atoms with E-state index in [2.05, 4.69) is 32.4 Å². The van der Waals surface area contributed by atoms with E-state index in [0.29, 0.717) is 5.95 Å². The second kappa shape index (κ2) is 4.72. The Balaban J connectivity index is 1.86. The molecular weight excluding hydrogens is 242 g/mol. The number of ether oxygens (including phenoxy) is 1. The van der Waals surface area contributed by atoms with E-state index in [-0.39, 0.29) is 12.0 Å². The number of nitrogen functional groups attached to an aromatic ring is 1. The average molecular weight is 257 g/mol. The second-order valence-corrected chi connectivity index (χ2v) is 4.47. The van der Waals surface area contributed by atoms with Gasteiger partial charge in [0.2, 0.25) is 11.9 Å². The average Bonchev–Trinajstić information content (AvgIpc) is 2.85. The first-order chi connectivity index (χ1) is 9.24. The molecule has 1 heterocycles. The second-order valence-electron chi connectivity index (χ2n) is 4.47. The number of hydrogen-bond acceptors (Lipinski definition) is 6. The Morgan fingerprint density at radius 2 is 2.00 bits per heavy atom. The van der Waals surface area contributed by atoms with Crippen molar-refractivity contribution in [3.8, 4) is 6.01 Å². The van der Waals surface area contributed by atoms with Gasteiger partial charge in [0.25, 0.3) is 0 Å². The van der Waals surface area contributed by atoms with Crippen LogP contribution in [-0.2, 0) is 12.8 Å². The number of anilines is 3. The standard InChI is InChI=1S/C13H15N5O/c1-19-13-17-11(14)16-12(18-13)15-10-6-5-8-3-2-4-9(8)7-10/h5-7H,2-4H2,1H3,(H3,14,15,16,17,18). The van der Waals surface area contributed by atoms with Gasteiger partial charge < -0.3 is 15.8 Å². The summed E-state index contributed by atoms with van der Waals surface area (Å²) in [5, 5.41) is 3.13. The molecule has 1 aromatic carbocycles. The fourth-order valence-corrected chi connectivity index (χ4v) is 2.30. The number of aromatic nitrogens is 3. The molecule has 0 saturated carbocycles. The van der Waals surface area contributed by atoms with Crippen molar-refractivity contribution in [1.29, 1.82) is 0 Å². The predicted octanol–water partition coefficient (Wildman–Crippen LogP) is 1.69. The zero-order chi connectivity index (χ0) is 13.2. The SMILES string of the molecule is COc1nc(N)nc(Nc2ccc3c(c2)CCC3)n1. The van der Waals surface area contributed by atoms with Gasteiger partial charge in [-0.25, -0.2) is 0 Å². The molecule has 1 aliphatic rings. The first-order valence-electron chi connectivity index (χ1n) is 6.19. The molecule has 1 aliphatic carbocycles. The van der Waals surface area contributed by atoms with Gasteiger partial charge in [-0.2, -0.15) is 15.0 Å². The Morgan fingerprint density at radius 3 is 2.84 bits per heavy atom. The third kappa shape index (κ3) is 2.42. The van der Waals surface area contributed by atoms with Crippen LogP contribution < -0.4 is 15.8 Å². The third-order valence-electron chi connectivity index (χ3n) is 3.17. The Morgan fingerprint density at radius 1 is 1.16 bits per heavy atom. The lowest BCUT2D eigenvalue weighted by molar-refractivity contribution is 0.380. The van der Waals surface area contributed by atoms with Crippen LogP contribution in [0.5, 0.6) is 6.01 Å². The monoisotopic (exact) mass is 257 g/mol. The highest BCUT2D eigenvalue weighted by molar-refractivity contribution is 5.57. The van der Waals surface area contributed by atoms with Crippen LogP contribution in [-0.4, -0.2) is 22.1 Å². The topological polar surface area (TPSA) is 86.0 Å². The van der Waals surface area contributed by atoms with E-state index < -0.39 is 0 Å². The Bertz CT molecular complexity index is 614. The highest BCUT2D eigenvalue weighted by Gasteiger charge is 2.11. The molecule has 6 nitrogen and oxygen atoms in total. The van der Waals surface area contributed by atoms with Gasteiger partial charge in [0, 0.05) is 5.69 Å². The van der Waals surface area contributed by atoms with Crippen LogP contribution in [0.4, 0.5) is 17.6 Å². The normalized spacial score (nSPS) is 13.1. The first kappa shape index (κ1) is 11.7. The third-order valence-corrected chi connectivity index (χ3v) is 3.17. The van der Waals surface area contributed by atoms with Gasteiger partial charge >= 0.3 is 6.01 Å². The van der Waals surface area contributed by atoms with Gasteiger partial charge in [0.05, 0.1) is 7.11 Å². The Labute approximate surface area is 111 Å². The summed E-state index contributed by atoms with van der Waals surface area (Å²) in [5.41, 5.74) is 9.37. The smallest absolute Gasteiger partial charge is 0.322 e. The van der Waals surface area contributed by atoms with Crippen molar-refractivity contribution in [2.24, 2.45) is 0 Å². The van der Waals surface area contributed by atoms with Crippen molar-refractivity contribution in [2.45, 2.75) is 19.3 Å². The highest BCUT2D eigenvalue weighted by atomic mass is 16.5. The molecule has 0 amide bonds. The molecule has 19 heavy (non-hydrogen) atoms. The van der Waals surface area contributed by atoms with Crippen molar-refractivity contribution in [1.82, 2.24) is 15.0 Å². The summed E-state index contributed by atoms with van der Waals surface area (Å²) < 4.78 is 4.97. The fraction of sp³-hybridized carbons (Fsp3) is 0.308. The molecule has 0 radical (unpaired) electrons. The minimum absolute atomic E-state index is 0.135. The van der Waals surface area contributed by atoms with Gasteiger partial charge in [-0.15, -0.1) is 0 Å². The van der Waals surface area contributed by atoms with Crippen LogP contribution in [0.3, 0.4) is 0 Å². The van der Waals surface area contributed by atoms with Crippen LogP contribution in [0.15, 0.2) is 18.2 Å². The van der Waals surface area contributed by atoms with Crippen molar-refractivity contribution >= 4 is 17.6 Å². The van der Waals surface area contributed by atoms with Crippen LogP contribution in [0.25, 0.3) is 0 Å². The molecule has 0 fully saturated rings. The number of nitrogens with zero attached hydrogens (tertiary/aromatic N) is 3. The number of benzene rings is 1. The van der Waals surface area contributed by atoms with Crippen LogP contribution in [0.2, 0.25) is 0 Å². The molecular formula is C13H15N5O. The summed E-state index contributed by atoms with van der Waals surface area (Å²) >= 11 is 0. The van der Waals surface area contributed by atoms with Gasteiger partial charge in [-0.3, -0.25) is 0 Å². The number of hydrogen-bond donors (Lipinski definition) is 2. The maximum atomic E-state index is 5.60. The molecule has 3 N–H and O–H groups in total. The zero-order valence-corrected chi connectivity index (χ0v) is 10.7. The van der Waals surface area contributed by atoms with Crippen molar-refractivity contribution in [2.75, 3.05) is 18.2 Å². The first-order valence-corrected chi connectivity index (χ1v) is 6.19. The maximum absolute atomic E-state index is 5.60. The highest BCUT2D eigenvalue weighted by Crippen LogP contribution is 2.26. The van der Waals surface area contributed by atoms with Crippen LogP contribution >= 0.6 is 0 Å². The van der Waals surface area contributed by atoms with Gasteiger partial charge in [0.15, 0.2) is 0 Å². The van der Waals surface area contributed by atoms with Crippen molar-refractivity contribution < 1.29 is 4.74 Å². The molecule has 0 aliphatic heterocycles. The molecule has 98 valence electrons. The molecule has 1 aromatic heterocycles. The molecule has 6 heteroatoms. The number of nitrogens with one attached hydrogen (secondary N) is 1. The van der Waals surface area contributed by atoms with E-state index in [1.807, 2.05) is 6.07 Å². The number of nitrogens with two attached hydrogens (primary N) is 1. The number of methoxy groups -OCH3 is 1. The van der Waals surface area contributed by atoms with E-state index in [1.54, 1.807) is 0 Å². The minimum Gasteiger partial charge on any atom is -0.467 e.